The van der Waals surface area contributed by atoms with E-state index < -0.39 is 6.61 Å². The van der Waals surface area contributed by atoms with E-state index in [-0.39, 0.29) is 11.9 Å². The van der Waals surface area contributed by atoms with Gasteiger partial charge in [0.2, 0.25) is 0 Å². The Morgan fingerprint density at radius 2 is 2.36 bits per heavy atom. The molecule has 118 valence electrons. The van der Waals surface area contributed by atoms with Gasteiger partial charge in [-0.3, -0.25) is 4.90 Å². The molecule has 1 aliphatic rings. The molecule has 22 heavy (non-hydrogen) atoms. The molecule has 0 amide bonds. The first-order valence-corrected chi connectivity index (χ1v) is 7.86. The number of thiazole rings is 1. The predicted molar refractivity (Wildman–Crippen MR) is 79.2 cm³/mol. The van der Waals surface area contributed by atoms with Crippen LogP contribution in [0.2, 0.25) is 0 Å². The van der Waals surface area contributed by atoms with Crippen LogP contribution >= 0.6 is 11.3 Å². The van der Waals surface area contributed by atoms with Gasteiger partial charge in [-0.2, -0.15) is 8.78 Å². The molecule has 0 saturated carbocycles. The lowest BCUT2D eigenvalue weighted by Gasteiger charge is -2.32. The minimum atomic E-state index is -2.82. The van der Waals surface area contributed by atoms with Crippen LogP contribution < -0.4 is 4.74 Å². The monoisotopic (exact) mass is 326 g/mol. The third kappa shape index (κ3) is 4.00. The highest BCUT2D eigenvalue weighted by Gasteiger charge is 2.23. The van der Waals surface area contributed by atoms with Gasteiger partial charge in [-0.1, -0.05) is 12.1 Å². The fraction of sp³-hybridized carbons (Fsp3) is 0.400. The molecule has 1 aromatic heterocycles. The molecular formula is C15H16F2N2O2S. The molecule has 2 aromatic rings. The van der Waals surface area contributed by atoms with E-state index in [9.17, 15) is 8.78 Å². The van der Waals surface area contributed by atoms with Crippen LogP contribution in [0.15, 0.2) is 35.8 Å². The number of benzene rings is 1. The number of rotatable bonds is 5. The standard InChI is InChI=1S/C15H16F2N2O2S/c16-15(17)21-12-3-1-2-11(8-12)13-9-19(5-6-20-13)10-14-18-4-7-22-14/h1-4,7-8,13,15H,5-6,9-10H2. The van der Waals surface area contributed by atoms with E-state index in [1.54, 1.807) is 29.7 Å². The molecule has 0 radical (unpaired) electrons. The van der Waals surface area contributed by atoms with E-state index in [0.29, 0.717) is 13.2 Å². The van der Waals surface area contributed by atoms with Gasteiger partial charge >= 0.3 is 6.61 Å². The molecule has 4 nitrogen and oxygen atoms in total. The highest BCUT2D eigenvalue weighted by Crippen LogP contribution is 2.27. The molecular weight excluding hydrogens is 310 g/mol. The van der Waals surface area contributed by atoms with Crippen LogP contribution in [0.5, 0.6) is 5.75 Å². The number of alkyl halides is 2. The Morgan fingerprint density at radius 3 is 3.14 bits per heavy atom. The van der Waals surface area contributed by atoms with Crippen molar-refractivity contribution in [1.29, 1.82) is 0 Å². The number of hydrogen-bond acceptors (Lipinski definition) is 5. The SMILES string of the molecule is FC(F)Oc1cccc(C2CN(Cc3nccs3)CCO2)c1. The third-order valence-electron chi connectivity index (χ3n) is 3.45. The van der Waals surface area contributed by atoms with Crippen molar-refractivity contribution < 1.29 is 18.3 Å². The summed E-state index contributed by atoms with van der Waals surface area (Å²) in [5, 5.41) is 3.02. The molecule has 0 aliphatic carbocycles. The number of halogens is 2. The van der Waals surface area contributed by atoms with E-state index in [1.165, 1.54) is 6.07 Å². The highest BCUT2D eigenvalue weighted by atomic mass is 32.1. The molecule has 1 atom stereocenters. The largest absolute Gasteiger partial charge is 0.435 e. The maximum absolute atomic E-state index is 12.3. The third-order valence-corrected chi connectivity index (χ3v) is 4.21. The maximum atomic E-state index is 12.3. The summed E-state index contributed by atoms with van der Waals surface area (Å²) in [6.07, 6.45) is 1.65. The molecule has 0 N–H and O–H groups in total. The molecule has 0 bridgehead atoms. The van der Waals surface area contributed by atoms with E-state index in [1.807, 2.05) is 11.4 Å². The summed E-state index contributed by atoms with van der Waals surface area (Å²) < 4.78 is 34.8. The number of hydrogen-bond donors (Lipinski definition) is 0. The molecule has 1 unspecified atom stereocenters. The Labute approximate surface area is 131 Å². The Morgan fingerprint density at radius 1 is 1.45 bits per heavy atom. The topological polar surface area (TPSA) is 34.6 Å². The fourth-order valence-corrected chi connectivity index (χ4v) is 3.12. The normalized spacial score (nSPS) is 19.5. The summed E-state index contributed by atoms with van der Waals surface area (Å²) in [7, 11) is 0. The van der Waals surface area contributed by atoms with Crippen LogP contribution in [0.25, 0.3) is 0 Å². The van der Waals surface area contributed by atoms with E-state index in [2.05, 4.69) is 14.6 Å². The summed E-state index contributed by atoms with van der Waals surface area (Å²) >= 11 is 1.63. The lowest BCUT2D eigenvalue weighted by atomic mass is 10.1. The van der Waals surface area contributed by atoms with Crippen molar-refractivity contribution in [3.8, 4) is 5.75 Å². The van der Waals surface area contributed by atoms with Crippen molar-refractivity contribution in [1.82, 2.24) is 9.88 Å². The molecule has 0 spiro atoms. The van der Waals surface area contributed by atoms with Gasteiger partial charge in [-0.15, -0.1) is 11.3 Å². The Bertz CT molecular complexity index is 595. The predicted octanol–water partition coefficient (Wildman–Crippen LogP) is 3.32. The maximum Gasteiger partial charge on any atom is 0.387 e. The van der Waals surface area contributed by atoms with Gasteiger partial charge in [0.25, 0.3) is 0 Å². The first-order chi connectivity index (χ1) is 10.7. The lowest BCUT2D eigenvalue weighted by molar-refractivity contribution is -0.0509. The van der Waals surface area contributed by atoms with Crippen LogP contribution in [0, 0.1) is 0 Å². The zero-order valence-electron chi connectivity index (χ0n) is 11.8. The fourth-order valence-electron chi connectivity index (χ4n) is 2.46. The van der Waals surface area contributed by atoms with Gasteiger partial charge in [-0.25, -0.2) is 4.98 Å². The van der Waals surface area contributed by atoms with Crippen molar-refractivity contribution in [2.45, 2.75) is 19.3 Å². The molecule has 3 rings (SSSR count). The molecule has 1 saturated heterocycles. The second-order valence-electron chi connectivity index (χ2n) is 4.97. The van der Waals surface area contributed by atoms with Crippen molar-refractivity contribution in [2.75, 3.05) is 19.7 Å². The van der Waals surface area contributed by atoms with Gasteiger partial charge in [0.1, 0.15) is 10.8 Å². The molecule has 1 fully saturated rings. The van der Waals surface area contributed by atoms with E-state index in [4.69, 9.17) is 4.74 Å². The van der Waals surface area contributed by atoms with Crippen LogP contribution in [-0.4, -0.2) is 36.2 Å². The summed E-state index contributed by atoms with van der Waals surface area (Å²) in [6, 6.07) is 6.71. The molecule has 7 heteroatoms. The van der Waals surface area contributed by atoms with Gasteiger partial charge < -0.3 is 9.47 Å². The van der Waals surface area contributed by atoms with E-state index in [0.717, 1.165) is 23.7 Å². The van der Waals surface area contributed by atoms with Crippen LogP contribution in [0.1, 0.15) is 16.7 Å². The number of nitrogens with zero attached hydrogens (tertiary/aromatic N) is 2. The van der Waals surface area contributed by atoms with Gasteiger partial charge in [0.05, 0.1) is 19.3 Å². The highest BCUT2D eigenvalue weighted by molar-refractivity contribution is 7.09. The number of ether oxygens (including phenoxy) is 2. The van der Waals surface area contributed by atoms with E-state index >= 15 is 0 Å². The number of morpholine rings is 1. The minimum absolute atomic E-state index is 0.144. The van der Waals surface area contributed by atoms with Gasteiger partial charge in [0, 0.05) is 24.7 Å². The van der Waals surface area contributed by atoms with Crippen molar-refractivity contribution in [2.24, 2.45) is 0 Å². The summed E-state index contributed by atoms with van der Waals surface area (Å²) in [4.78, 5) is 6.55. The first-order valence-electron chi connectivity index (χ1n) is 6.98. The molecule has 1 aromatic carbocycles. The Balaban J connectivity index is 1.66. The first kappa shape index (κ1) is 15.3. The summed E-state index contributed by atoms with van der Waals surface area (Å²) in [5.74, 6) is 0.160. The van der Waals surface area contributed by atoms with Crippen molar-refractivity contribution in [3.63, 3.8) is 0 Å². The van der Waals surface area contributed by atoms with Gasteiger partial charge in [-0.05, 0) is 17.7 Å². The quantitative estimate of drug-likeness (QED) is 0.844. The van der Waals surface area contributed by atoms with Gasteiger partial charge in [0.15, 0.2) is 0 Å². The zero-order chi connectivity index (χ0) is 15.4. The smallest absolute Gasteiger partial charge is 0.387 e. The van der Waals surface area contributed by atoms with Crippen LogP contribution in [0.4, 0.5) is 8.78 Å². The zero-order valence-corrected chi connectivity index (χ0v) is 12.6. The lowest BCUT2D eigenvalue weighted by Crippen LogP contribution is -2.37. The van der Waals surface area contributed by atoms with Crippen LogP contribution in [0.3, 0.4) is 0 Å². The van der Waals surface area contributed by atoms with Crippen LogP contribution in [-0.2, 0) is 11.3 Å². The summed E-state index contributed by atoms with van der Waals surface area (Å²) in [6.45, 7) is 0.116. The summed E-state index contributed by atoms with van der Waals surface area (Å²) in [5.41, 5.74) is 0.849. The van der Waals surface area contributed by atoms with Crippen molar-refractivity contribution in [3.05, 3.63) is 46.4 Å². The Hall–Kier alpha value is -1.57. The molecule has 2 heterocycles. The molecule has 1 aliphatic heterocycles. The number of aromatic nitrogens is 1. The average Bonchev–Trinajstić information content (AvgIpc) is 3.00. The second kappa shape index (κ2) is 7.13. The second-order valence-corrected chi connectivity index (χ2v) is 5.95. The Kier molecular flexibility index (Phi) is 4.97. The average molecular weight is 326 g/mol. The minimum Gasteiger partial charge on any atom is -0.435 e. The van der Waals surface area contributed by atoms with Crippen molar-refractivity contribution >= 4 is 11.3 Å².